The lowest BCUT2D eigenvalue weighted by Gasteiger charge is -2.13. The maximum absolute atomic E-state index is 12.3. The lowest BCUT2D eigenvalue weighted by atomic mass is 10.2. The third kappa shape index (κ3) is 5.90. The van der Waals surface area contributed by atoms with Crippen LogP contribution in [0, 0.1) is 0 Å². The van der Waals surface area contributed by atoms with Crippen LogP contribution in [0.1, 0.15) is 5.56 Å². The average Bonchev–Trinajstić information content (AvgIpc) is 2.77. The van der Waals surface area contributed by atoms with Crippen LogP contribution in [0.15, 0.2) is 72.8 Å². The summed E-state index contributed by atoms with van der Waals surface area (Å²) in [7, 11) is 3.12. The topological polar surface area (TPSA) is 68.8 Å². The Hall–Kier alpha value is -3.67. The van der Waals surface area contributed by atoms with E-state index >= 15 is 0 Å². The molecule has 150 valence electrons. The number of hydrogen-bond donors (Lipinski definition) is 2. The molecule has 0 aliphatic heterocycles. The SMILES string of the molecule is COc1ccc(OC)c(NC(=O)CNc2ccc(OCc3ccccc3)cc2)c1. The van der Waals surface area contributed by atoms with Gasteiger partial charge in [0.1, 0.15) is 23.9 Å². The summed E-state index contributed by atoms with van der Waals surface area (Å²) in [6, 6.07) is 22.7. The molecule has 3 aromatic rings. The van der Waals surface area contributed by atoms with Gasteiger partial charge in [-0.2, -0.15) is 0 Å². The first-order valence-corrected chi connectivity index (χ1v) is 9.20. The summed E-state index contributed by atoms with van der Waals surface area (Å²) >= 11 is 0. The summed E-state index contributed by atoms with van der Waals surface area (Å²) in [5.41, 5.74) is 2.49. The van der Waals surface area contributed by atoms with Gasteiger partial charge >= 0.3 is 0 Å². The molecule has 0 radical (unpaired) electrons. The third-order valence-corrected chi connectivity index (χ3v) is 4.24. The van der Waals surface area contributed by atoms with E-state index in [4.69, 9.17) is 14.2 Å². The first-order valence-electron chi connectivity index (χ1n) is 9.20. The quantitative estimate of drug-likeness (QED) is 0.567. The van der Waals surface area contributed by atoms with Crippen LogP contribution in [0.3, 0.4) is 0 Å². The fraction of sp³-hybridized carbons (Fsp3) is 0.174. The van der Waals surface area contributed by atoms with Crippen molar-refractivity contribution >= 4 is 17.3 Å². The molecule has 0 saturated carbocycles. The number of ether oxygens (including phenoxy) is 3. The molecule has 1 amide bonds. The minimum Gasteiger partial charge on any atom is -0.497 e. The number of carbonyl (C=O) groups is 1. The molecule has 0 fully saturated rings. The minimum absolute atomic E-state index is 0.116. The van der Waals surface area contributed by atoms with Crippen LogP contribution in [0.5, 0.6) is 17.2 Å². The molecule has 0 saturated heterocycles. The van der Waals surface area contributed by atoms with Crippen LogP contribution < -0.4 is 24.8 Å². The smallest absolute Gasteiger partial charge is 0.243 e. The highest BCUT2D eigenvalue weighted by Gasteiger charge is 2.09. The van der Waals surface area contributed by atoms with E-state index in [0.717, 1.165) is 17.0 Å². The monoisotopic (exact) mass is 392 g/mol. The Morgan fingerprint density at radius 2 is 1.59 bits per heavy atom. The minimum atomic E-state index is -0.194. The van der Waals surface area contributed by atoms with E-state index in [2.05, 4.69) is 10.6 Å². The number of amides is 1. The van der Waals surface area contributed by atoms with Crippen LogP contribution in [0.25, 0.3) is 0 Å². The molecule has 0 aliphatic carbocycles. The Morgan fingerprint density at radius 3 is 2.28 bits per heavy atom. The van der Waals surface area contributed by atoms with Crippen LogP contribution in [0.4, 0.5) is 11.4 Å². The zero-order chi connectivity index (χ0) is 20.5. The molecule has 0 heterocycles. The maximum Gasteiger partial charge on any atom is 0.243 e. The second-order valence-electron chi connectivity index (χ2n) is 6.27. The van der Waals surface area contributed by atoms with E-state index in [1.807, 2.05) is 54.6 Å². The summed E-state index contributed by atoms with van der Waals surface area (Å²) in [5, 5.41) is 5.92. The lowest BCUT2D eigenvalue weighted by Crippen LogP contribution is -2.22. The standard InChI is InChI=1S/C23H24N2O4/c1-27-20-12-13-22(28-2)21(14-20)25-23(26)15-24-18-8-10-19(11-9-18)29-16-17-6-4-3-5-7-17/h3-14,24H,15-16H2,1-2H3,(H,25,26). The van der Waals surface area contributed by atoms with E-state index in [1.165, 1.54) is 0 Å². The third-order valence-electron chi connectivity index (χ3n) is 4.24. The number of methoxy groups -OCH3 is 2. The summed E-state index contributed by atoms with van der Waals surface area (Å²) < 4.78 is 16.2. The maximum atomic E-state index is 12.3. The van der Waals surface area contributed by atoms with Gasteiger partial charge in [-0.05, 0) is 42.0 Å². The Labute approximate surface area is 170 Å². The number of nitrogens with one attached hydrogen (secondary N) is 2. The van der Waals surface area contributed by atoms with E-state index < -0.39 is 0 Å². The van der Waals surface area contributed by atoms with Crippen LogP contribution in [0.2, 0.25) is 0 Å². The van der Waals surface area contributed by atoms with Crippen molar-refractivity contribution in [3.05, 3.63) is 78.4 Å². The van der Waals surface area contributed by atoms with Gasteiger partial charge in [0.05, 0.1) is 26.5 Å². The highest BCUT2D eigenvalue weighted by atomic mass is 16.5. The Morgan fingerprint density at radius 1 is 0.862 bits per heavy atom. The first kappa shape index (κ1) is 20.1. The molecule has 2 N–H and O–H groups in total. The van der Waals surface area contributed by atoms with Crippen molar-refractivity contribution in [2.24, 2.45) is 0 Å². The van der Waals surface area contributed by atoms with Gasteiger partial charge in [0.25, 0.3) is 0 Å². The van der Waals surface area contributed by atoms with Crippen molar-refractivity contribution in [3.63, 3.8) is 0 Å². The number of hydrogen-bond acceptors (Lipinski definition) is 5. The van der Waals surface area contributed by atoms with E-state index in [9.17, 15) is 4.79 Å². The number of anilines is 2. The molecule has 3 aromatic carbocycles. The molecule has 0 aromatic heterocycles. The molecular weight excluding hydrogens is 368 g/mol. The molecule has 29 heavy (non-hydrogen) atoms. The number of carbonyl (C=O) groups excluding carboxylic acids is 1. The molecule has 6 nitrogen and oxygen atoms in total. The van der Waals surface area contributed by atoms with Crippen LogP contribution in [-0.4, -0.2) is 26.7 Å². The van der Waals surface area contributed by atoms with Gasteiger partial charge in [0.2, 0.25) is 5.91 Å². The lowest BCUT2D eigenvalue weighted by molar-refractivity contribution is -0.114. The summed E-state index contributed by atoms with van der Waals surface area (Å²) in [6.45, 7) is 0.628. The molecule has 6 heteroatoms. The van der Waals surface area contributed by atoms with Crippen molar-refractivity contribution < 1.29 is 19.0 Å². The molecule has 0 unspecified atom stereocenters. The van der Waals surface area contributed by atoms with E-state index in [0.29, 0.717) is 23.8 Å². The van der Waals surface area contributed by atoms with Crippen LogP contribution >= 0.6 is 0 Å². The van der Waals surface area contributed by atoms with Crippen molar-refractivity contribution in [2.75, 3.05) is 31.4 Å². The summed E-state index contributed by atoms with van der Waals surface area (Å²) in [5.74, 6) is 1.78. The Bertz CT molecular complexity index is 927. The molecular formula is C23H24N2O4. The molecule has 0 aliphatic rings. The van der Waals surface area contributed by atoms with Crippen molar-refractivity contribution in [1.29, 1.82) is 0 Å². The molecule has 0 atom stereocenters. The first-order chi connectivity index (χ1) is 14.2. The van der Waals surface area contributed by atoms with Gasteiger partial charge in [0, 0.05) is 11.8 Å². The van der Waals surface area contributed by atoms with Crippen molar-refractivity contribution in [1.82, 2.24) is 0 Å². The normalized spacial score (nSPS) is 10.1. The van der Waals surface area contributed by atoms with Gasteiger partial charge in [-0.1, -0.05) is 30.3 Å². The van der Waals surface area contributed by atoms with Gasteiger partial charge in [-0.25, -0.2) is 0 Å². The second kappa shape index (κ2) is 10.0. The zero-order valence-corrected chi connectivity index (χ0v) is 16.5. The number of rotatable bonds is 9. The van der Waals surface area contributed by atoms with Gasteiger partial charge < -0.3 is 24.8 Å². The van der Waals surface area contributed by atoms with Crippen molar-refractivity contribution in [3.8, 4) is 17.2 Å². The summed E-state index contributed by atoms with van der Waals surface area (Å²) in [6.07, 6.45) is 0. The Balaban J connectivity index is 1.50. The Kier molecular flexibility index (Phi) is 6.95. The molecule has 3 rings (SSSR count). The largest absolute Gasteiger partial charge is 0.497 e. The second-order valence-corrected chi connectivity index (χ2v) is 6.27. The molecule has 0 bridgehead atoms. The summed E-state index contributed by atoms with van der Waals surface area (Å²) in [4.78, 5) is 12.3. The van der Waals surface area contributed by atoms with Gasteiger partial charge in [-0.3, -0.25) is 4.79 Å². The predicted molar refractivity (Wildman–Crippen MR) is 114 cm³/mol. The number of benzene rings is 3. The van der Waals surface area contributed by atoms with E-state index in [1.54, 1.807) is 32.4 Å². The van der Waals surface area contributed by atoms with E-state index in [-0.39, 0.29) is 12.5 Å². The fourth-order valence-corrected chi connectivity index (χ4v) is 2.70. The average molecular weight is 392 g/mol. The fourth-order valence-electron chi connectivity index (χ4n) is 2.70. The zero-order valence-electron chi connectivity index (χ0n) is 16.5. The molecule has 0 spiro atoms. The highest BCUT2D eigenvalue weighted by molar-refractivity contribution is 5.95. The predicted octanol–water partition coefficient (Wildman–Crippen LogP) is 4.33. The van der Waals surface area contributed by atoms with Crippen LogP contribution in [-0.2, 0) is 11.4 Å². The van der Waals surface area contributed by atoms with Gasteiger partial charge in [-0.15, -0.1) is 0 Å². The highest BCUT2D eigenvalue weighted by Crippen LogP contribution is 2.28. The van der Waals surface area contributed by atoms with Crippen molar-refractivity contribution in [2.45, 2.75) is 6.61 Å². The van der Waals surface area contributed by atoms with Gasteiger partial charge in [0.15, 0.2) is 0 Å².